The summed E-state index contributed by atoms with van der Waals surface area (Å²) in [7, 11) is 0. The third-order valence-corrected chi connectivity index (χ3v) is 1.83. The lowest BCUT2D eigenvalue weighted by Crippen LogP contribution is -2.03. The monoisotopic (exact) mass is 268 g/mol. The van der Waals surface area contributed by atoms with E-state index in [2.05, 4.69) is 25.7 Å². The number of alkyl halides is 2. The van der Waals surface area contributed by atoms with Crippen LogP contribution >= 0.6 is 15.9 Å². The summed E-state index contributed by atoms with van der Waals surface area (Å²) in [5.41, 5.74) is -0.428. The van der Waals surface area contributed by atoms with Gasteiger partial charge in [-0.25, -0.2) is 4.98 Å². The van der Waals surface area contributed by atoms with E-state index in [0.29, 0.717) is 0 Å². The van der Waals surface area contributed by atoms with Crippen LogP contribution in [0.3, 0.4) is 0 Å². The minimum absolute atomic E-state index is 0.0379. The van der Waals surface area contributed by atoms with Gasteiger partial charge in [-0.15, -0.1) is 0 Å². The molecule has 0 unspecified atom stereocenters. The van der Waals surface area contributed by atoms with Gasteiger partial charge in [0, 0.05) is 0 Å². The third kappa shape index (κ3) is 2.59. The molecule has 0 fully saturated rings. The highest BCUT2D eigenvalue weighted by molar-refractivity contribution is 9.10. The molecule has 0 aliphatic carbocycles. The Morgan fingerprint density at radius 1 is 1.64 bits per heavy atom. The standard InChI is InChI=1S/C6H3BrF2N2O3/c7-5-4(11(12)13)1-3(2-10-5)14-6(8)9/h1-2,6H. The molecule has 0 aliphatic rings. The zero-order valence-electron chi connectivity index (χ0n) is 6.49. The average molecular weight is 269 g/mol. The van der Waals surface area contributed by atoms with Crippen molar-refractivity contribution in [2.24, 2.45) is 0 Å². The summed E-state index contributed by atoms with van der Waals surface area (Å²) >= 11 is 2.80. The molecule has 14 heavy (non-hydrogen) atoms. The van der Waals surface area contributed by atoms with Gasteiger partial charge < -0.3 is 4.74 Å². The summed E-state index contributed by atoms with van der Waals surface area (Å²) in [6, 6.07) is 0.864. The molecule has 1 heterocycles. The Morgan fingerprint density at radius 3 is 2.79 bits per heavy atom. The molecule has 1 aromatic rings. The van der Waals surface area contributed by atoms with E-state index in [9.17, 15) is 18.9 Å². The first kappa shape index (κ1) is 10.8. The number of rotatable bonds is 3. The molecule has 0 atom stereocenters. The molecule has 0 saturated heterocycles. The highest BCUT2D eigenvalue weighted by Crippen LogP contribution is 2.26. The highest BCUT2D eigenvalue weighted by atomic mass is 79.9. The molecule has 0 bridgehead atoms. The zero-order chi connectivity index (χ0) is 10.7. The molecular weight excluding hydrogens is 266 g/mol. The molecule has 0 N–H and O–H groups in total. The van der Waals surface area contributed by atoms with E-state index < -0.39 is 17.2 Å². The number of nitro groups is 1. The Kier molecular flexibility index (Phi) is 3.28. The Morgan fingerprint density at radius 2 is 2.29 bits per heavy atom. The van der Waals surface area contributed by atoms with Crippen LogP contribution < -0.4 is 4.74 Å². The highest BCUT2D eigenvalue weighted by Gasteiger charge is 2.16. The van der Waals surface area contributed by atoms with E-state index in [1.807, 2.05) is 0 Å². The second-order valence-corrected chi connectivity index (χ2v) is 2.87. The average Bonchev–Trinajstić information content (AvgIpc) is 2.07. The lowest BCUT2D eigenvalue weighted by atomic mass is 10.4. The summed E-state index contributed by atoms with van der Waals surface area (Å²) in [5.74, 6) is -0.352. The number of hydrogen-bond donors (Lipinski definition) is 0. The molecule has 0 aliphatic heterocycles. The maximum Gasteiger partial charge on any atom is 0.387 e. The van der Waals surface area contributed by atoms with Gasteiger partial charge in [0.05, 0.1) is 17.2 Å². The SMILES string of the molecule is O=[N+]([O-])c1cc(OC(F)F)cnc1Br. The smallest absolute Gasteiger partial charge is 0.387 e. The molecule has 0 radical (unpaired) electrons. The fourth-order valence-electron chi connectivity index (χ4n) is 0.713. The lowest BCUT2D eigenvalue weighted by molar-refractivity contribution is -0.386. The first-order valence-electron chi connectivity index (χ1n) is 3.25. The quantitative estimate of drug-likeness (QED) is 0.480. The maximum atomic E-state index is 11.7. The first-order valence-corrected chi connectivity index (χ1v) is 4.04. The fraction of sp³-hybridized carbons (Fsp3) is 0.167. The number of hydrogen-bond acceptors (Lipinski definition) is 4. The predicted molar refractivity (Wildman–Crippen MR) is 45.2 cm³/mol. The maximum absolute atomic E-state index is 11.7. The predicted octanol–water partition coefficient (Wildman–Crippen LogP) is 2.35. The molecule has 8 heteroatoms. The van der Waals surface area contributed by atoms with Gasteiger partial charge in [-0.1, -0.05) is 0 Å². The van der Waals surface area contributed by atoms with Crippen LogP contribution in [0.15, 0.2) is 16.9 Å². The van der Waals surface area contributed by atoms with Crippen molar-refractivity contribution < 1.29 is 18.4 Å². The minimum Gasteiger partial charge on any atom is -0.433 e. The third-order valence-electron chi connectivity index (χ3n) is 1.22. The molecule has 5 nitrogen and oxygen atoms in total. The van der Waals surface area contributed by atoms with Crippen LogP contribution in [-0.2, 0) is 0 Å². The Labute approximate surface area is 85.0 Å². The van der Waals surface area contributed by atoms with Crippen molar-refractivity contribution >= 4 is 21.6 Å². The molecule has 0 spiro atoms. The summed E-state index contributed by atoms with van der Waals surface area (Å²) in [6.45, 7) is -3.03. The molecule has 1 aromatic heterocycles. The van der Waals surface area contributed by atoms with Gasteiger partial charge in [0.25, 0.3) is 0 Å². The molecule has 0 aromatic carbocycles. The van der Waals surface area contributed by atoms with Gasteiger partial charge in [0.15, 0.2) is 10.4 Å². The van der Waals surface area contributed by atoms with Gasteiger partial charge in [0.2, 0.25) is 0 Å². The van der Waals surface area contributed by atoms with E-state index >= 15 is 0 Å². The second-order valence-electron chi connectivity index (χ2n) is 2.12. The van der Waals surface area contributed by atoms with Crippen molar-refractivity contribution in [3.63, 3.8) is 0 Å². The second kappa shape index (κ2) is 4.27. The number of ether oxygens (including phenoxy) is 1. The lowest BCUT2D eigenvalue weighted by Gasteiger charge is -2.03. The number of nitrogens with zero attached hydrogens (tertiary/aromatic N) is 2. The summed E-state index contributed by atoms with van der Waals surface area (Å²) in [6.07, 6.45) is 0.962. The van der Waals surface area contributed by atoms with E-state index in [1.165, 1.54) is 0 Å². The molecular formula is C6H3BrF2N2O3. The minimum atomic E-state index is -3.03. The van der Waals surface area contributed by atoms with Crippen molar-refractivity contribution in [3.8, 4) is 5.75 Å². The topological polar surface area (TPSA) is 65.3 Å². The van der Waals surface area contributed by atoms with Crippen molar-refractivity contribution in [1.29, 1.82) is 0 Å². The normalized spacial score (nSPS) is 10.3. The van der Waals surface area contributed by atoms with Crippen molar-refractivity contribution in [3.05, 3.63) is 27.0 Å². The van der Waals surface area contributed by atoms with Crippen molar-refractivity contribution in [2.45, 2.75) is 6.61 Å². The summed E-state index contributed by atoms with van der Waals surface area (Å²) in [5, 5.41) is 10.4. The van der Waals surface area contributed by atoms with Crippen LogP contribution in [0.1, 0.15) is 0 Å². The Hall–Kier alpha value is -1.31. The number of aromatic nitrogens is 1. The molecule has 76 valence electrons. The number of pyridine rings is 1. The van der Waals surface area contributed by atoms with Gasteiger partial charge in [0.1, 0.15) is 0 Å². The van der Waals surface area contributed by atoms with Crippen LogP contribution in [0.25, 0.3) is 0 Å². The zero-order valence-corrected chi connectivity index (χ0v) is 8.07. The van der Waals surface area contributed by atoms with Crippen molar-refractivity contribution in [1.82, 2.24) is 4.98 Å². The Balaban J connectivity index is 3.00. The van der Waals surface area contributed by atoms with Crippen LogP contribution in [0.5, 0.6) is 5.75 Å². The van der Waals surface area contributed by atoms with E-state index in [1.54, 1.807) is 0 Å². The molecule has 0 amide bonds. The van der Waals surface area contributed by atoms with Crippen LogP contribution in [-0.4, -0.2) is 16.5 Å². The van der Waals surface area contributed by atoms with Crippen LogP contribution in [0.2, 0.25) is 0 Å². The van der Waals surface area contributed by atoms with Crippen LogP contribution in [0, 0.1) is 10.1 Å². The van der Waals surface area contributed by atoms with Crippen molar-refractivity contribution in [2.75, 3.05) is 0 Å². The largest absolute Gasteiger partial charge is 0.433 e. The number of halogens is 3. The van der Waals surface area contributed by atoms with Gasteiger partial charge >= 0.3 is 12.3 Å². The first-order chi connectivity index (χ1) is 6.50. The van der Waals surface area contributed by atoms with E-state index in [4.69, 9.17) is 0 Å². The van der Waals surface area contributed by atoms with Gasteiger partial charge in [-0.2, -0.15) is 8.78 Å². The van der Waals surface area contributed by atoms with Gasteiger partial charge in [-0.05, 0) is 15.9 Å². The van der Waals surface area contributed by atoms with E-state index in [-0.39, 0.29) is 10.4 Å². The molecule has 0 saturated carbocycles. The van der Waals surface area contributed by atoms with E-state index in [0.717, 1.165) is 12.3 Å². The fourth-order valence-corrected chi connectivity index (χ4v) is 1.07. The van der Waals surface area contributed by atoms with Gasteiger partial charge in [-0.3, -0.25) is 10.1 Å². The summed E-state index contributed by atoms with van der Waals surface area (Å²) in [4.78, 5) is 13.1. The molecule has 1 rings (SSSR count). The Bertz CT molecular complexity index is 361. The summed E-state index contributed by atoms with van der Waals surface area (Å²) < 4.78 is 27.3. The van der Waals surface area contributed by atoms with Crippen LogP contribution in [0.4, 0.5) is 14.5 Å².